The van der Waals surface area contributed by atoms with Crippen molar-refractivity contribution in [2.24, 2.45) is 5.84 Å². The molecule has 0 aliphatic carbocycles. The van der Waals surface area contributed by atoms with E-state index in [0.717, 1.165) is 6.42 Å². The van der Waals surface area contributed by atoms with E-state index < -0.39 is 0 Å². The molecule has 0 atom stereocenters. The first-order valence-electron chi connectivity index (χ1n) is 6.38. The van der Waals surface area contributed by atoms with E-state index in [1.807, 2.05) is 45.9 Å². The largest absolute Gasteiger partial charge is 1.00 e. The van der Waals surface area contributed by atoms with Crippen molar-refractivity contribution in [3.8, 4) is 0 Å². The minimum atomic E-state index is -0.258. The molecule has 7 heteroatoms. The number of benzene rings is 1. The van der Waals surface area contributed by atoms with E-state index >= 15 is 0 Å². The van der Waals surface area contributed by atoms with Gasteiger partial charge in [0, 0.05) is 6.42 Å². The second-order valence-electron chi connectivity index (χ2n) is 5.34. The molecule has 0 saturated carbocycles. The van der Waals surface area contributed by atoms with Crippen molar-refractivity contribution in [1.29, 1.82) is 0 Å². The molecule has 0 radical (unpaired) electrons. The predicted octanol–water partition coefficient (Wildman–Crippen LogP) is 0.418. The van der Waals surface area contributed by atoms with Crippen LogP contribution in [-0.4, -0.2) is 21.9 Å². The van der Waals surface area contributed by atoms with Gasteiger partial charge in [0.15, 0.2) is 0 Å². The maximum Gasteiger partial charge on any atom is 1.00 e. The first-order chi connectivity index (χ1) is 8.29. The molecular formula is C15H31Cl2N2NaO2. The van der Waals surface area contributed by atoms with Crippen LogP contribution in [0.15, 0.2) is 30.3 Å². The van der Waals surface area contributed by atoms with Crippen molar-refractivity contribution in [2.75, 3.05) is 0 Å². The van der Waals surface area contributed by atoms with Crippen LogP contribution in [0.5, 0.6) is 0 Å². The van der Waals surface area contributed by atoms with Gasteiger partial charge in [-0.2, -0.15) is 0 Å². The Bertz CT molecular complexity index is 366. The third-order valence-corrected chi connectivity index (χ3v) is 2.40. The Kier molecular flexibility index (Phi) is 26.9. The van der Waals surface area contributed by atoms with Crippen LogP contribution in [0.4, 0.5) is 0 Å². The molecule has 0 aromatic heterocycles. The van der Waals surface area contributed by atoms with E-state index in [4.69, 9.17) is 5.84 Å². The summed E-state index contributed by atoms with van der Waals surface area (Å²) in [5, 5.41) is 1.30. The summed E-state index contributed by atoms with van der Waals surface area (Å²) in [4.78, 5) is 11.2. The van der Waals surface area contributed by atoms with Gasteiger partial charge in [-0.25, -0.2) is 5.84 Å². The van der Waals surface area contributed by atoms with Gasteiger partial charge in [-0.3, -0.25) is 9.80 Å². The van der Waals surface area contributed by atoms with Crippen molar-refractivity contribution in [3.63, 3.8) is 0 Å². The first-order valence-corrected chi connectivity index (χ1v) is 6.38. The number of rotatable bonds is 2. The average molecular weight is 365 g/mol. The molecule has 0 heterocycles. The second kappa shape index (κ2) is 17.5. The summed E-state index contributed by atoms with van der Waals surface area (Å²) < 4.78 is 0. The zero-order valence-corrected chi connectivity index (χ0v) is 18.2. The summed E-state index contributed by atoms with van der Waals surface area (Å²) in [6, 6.07) is 10.3. The minimum Gasteiger partial charge on any atom is -1.00 e. The first kappa shape index (κ1) is 33.7. The van der Waals surface area contributed by atoms with Gasteiger partial charge in [-0.05, 0) is 34.1 Å². The predicted molar refractivity (Wildman–Crippen MR) is 96.1 cm³/mol. The number of halogens is 2. The van der Waals surface area contributed by atoms with Crippen molar-refractivity contribution in [3.05, 3.63) is 35.9 Å². The van der Waals surface area contributed by atoms with E-state index in [1.165, 1.54) is 10.6 Å². The van der Waals surface area contributed by atoms with E-state index in [9.17, 15) is 4.79 Å². The van der Waals surface area contributed by atoms with E-state index in [1.54, 1.807) is 0 Å². The molecule has 4 N–H and O–H groups in total. The Morgan fingerprint density at radius 1 is 1.18 bits per heavy atom. The van der Waals surface area contributed by atoms with Gasteiger partial charge < -0.3 is 6.90 Å². The summed E-state index contributed by atoms with van der Waals surface area (Å²) in [7, 11) is 0. The summed E-state index contributed by atoms with van der Waals surface area (Å²) >= 11 is 0. The quantitative estimate of drug-likeness (QED) is 0.357. The van der Waals surface area contributed by atoms with Crippen LogP contribution in [0.2, 0.25) is 0 Å². The Balaban J connectivity index is -0.0000000540. The topological polar surface area (TPSA) is 77.8 Å². The molecule has 0 spiro atoms. The number of carbonyl (C=O) groups is 1. The number of aryl methyl sites for hydroxylation is 1. The van der Waals surface area contributed by atoms with E-state index in [0.29, 0.717) is 6.42 Å². The van der Waals surface area contributed by atoms with Crippen molar-refractivity contribution in [2.45, 2.75) is 53.0 Å². The van der Waals surface area contributed by atoms with E-state index in [2.05, 4.69) is 19.1 Å². The fourth-order valence-electron chi connectivity index (χ4n) is 1.24. The molecule has 22 heavy (non-hydrogen) atoms. The monoisotopic (exact) mass is 364 g/mol. The molecular weight excluding hydrogens is 334 g/mol. The van der Waals surface area contributed by atoms with Crippen LogP contribution < -0.4 is 35.4 Å². The Labute approximate surface area is 171 Å². The zero-order valence-electron chi connectivity index (χ0n) is 15.6. The van der Waals surface area contributed by atoms with Crippen molar-refractivity contribution in [1.82, 2.24) is 5.01 Å². The minimum absolute atomic E-state index is 0. The number of hydrazine groups is 1. The average Bonchev–Trinajstić information content (AvgIpc) is 2.29. The smallest absolute Gasteiger partial charge is 1.00 e. The number of amides is 1. The molecule has 0 aliphatic rings. The number of nitrogens with two attached hydrogens (primary N) is 1. The maximum absolute atomic E-state index is 11.2. The van der Waals surface area contributed by atoms with Gasteiger partial charge in [0.2, 0.25) is 5.91 Å². The zero-order chi connectivity index (χ0) is 14.2. The van der Waals surface area contributed by atoms with Crippen LogP contribution in [-0.2, 0) is 4.79 Å². The summed E-state index contributed by atoms with van der Waals surface area (Å²) in [6.45, 7) is 9.80. The summed E-state index contributed by atoms with van der Waals surface area (Å²) in [5.74, 6) is 5.58. The molecule has 4 nitrogen and oxygen atoms in total. The summed E-state index contributed by atoms with van der Waals surface area (Å²) in [6.07, 6.45) is 1.39. The molecule has 1 rings (SSSR count). The Morgan fingerprint density at radius 2 is 1.59 bits per heavy atom. The van der Waals surface area contributed by atoms with Crippen LogP contribution in [0.3, 0.4) is 0 Å². The van der Waals surface area contributed by atoms with Gasteiger partial charge in [0.25, 0.3) is 0 Å². The van der Waals surface area contributed by atoms with Crippen LogP contribution in [0.25, 0.3) is 0 Å². The standard InChI is InChI=1S/C8H18N2O.C7H8.2ClH.Na.H2O.H/c1-5-6-7(11)10(9)8(2,3)4;1-7-5-3-2-4-6-7;;;;;/h5-6,9H2,1-4H3;2-6H,1H3;2*1H;;1H2;/q;;;;+1;;-1. The van der Waals surface area contributed by atoms with Gasteiger partial charge in [-0.15, -0.1) is 24.8 Å². The SMILES string of the molecule is CCCC(=O)N(N)C(C)(C)C.Cc1ccccc1.Cl.Cl.O.[H-].[Na+]. The molecule has 0 bridgehead atoms. The number of nitrogens with zero attached hydrogens (tertiary/aromatic N) is 1. The Hall–Kier alpha value is 0.190. The third-order valence-electron chi connectivity index (χ3n) is 2.40. The third kappa shape index (κ3) is 16.6. The Morgan fingerprint density at radius 3 is 1.82 bits per heavy atom. The maximum atomic E-state index is 11.2. The van der Waals surface area contributed by atoms with Gasteiger partial charge in [0.05, 0.1) is 5.54 Å². The molecule has 0 saturated heterocycles. The molecule has 0 aliphatic heterocycles. The van der Waals surface area contributed by atoms with Crippen LogP contribution in [0, 0.1) is 6.92 Å². The number of carbonyl (C=O) groups excluding carboxylic acids is 1. The van der Waals surface area contributed by atoms with Gasteiger partial charge in [-0.1, -0.05) is 42.8 Å². The molecule has 128 valence electrons. The normalized spacial score (nSPS) is 8.45. The molecule has 1 aromatic rings. The molecule has 0 unspecified atom stereocenters. The second-order valence-corrected chi connectivity index (χ2v) is 5.34. The van der Waals surface area contributed by atoms with Crippen molar-refractivity contribution < 1.29 is 41.3 Å². The fraction of sp³-hybridized carbons (Fsp3) is 0.533. The van der Waals surface area contributed by atoms with Gasteiger partial charge >= 0.3 is 29.6 Å². The van der Waals surface area contributed by atoms with Crippen molar-refractivity contribution >= 4 is 30.7 Å². The summed E-state index contributed by atoms with van der Waals surface area (Å²) in [5.41, 5.74) is 1.06. The van der Waals surface area contributed by atoms with Gasteiger partial charge in [0.1, 0.15) is 0 Å². The molecule has 0 fully saturated rings. The molecule has 1 amide bonds. The fourth-order valence-corrected chi connectivity index (χ4v) is 1.24. The van der Waals surface area contributed by atoms with E-state index in [-0.39, 0.29) is 72.7 Å². The number of hydrogen-bond acceptors (Lipinski definition) is 2. The molecule has 1 aromatic carbocycles. The number of hydrogen-bond donors (Lipinski definition) is 1. The van der Waals surface area contributed by atoms with Crippen LogP contribution >= 0.6 is 24.8 Å². The van der Waals surface area contributed by atoms with Crippen LogP contribution in [0.1, 0.15) is 47.5 Å².